The molecule has 0 saturated heterocycles. The Balaban J connectivity index is 1.92. The van der Waals surface area contributed by atoms with Crippen LogP contribution in [0.5, 0.6) is 0 Å². The van der Waals surface area contributed by atoms with Gasteiger partial charge in [-0.3, -0.25) is 4.79 Å². The average molecular weight is 320 g/mol. The molecule has 2 rings (SSSR count). The third-order valence-electron chi connectivity index (χ3n) is 5.02. The summed E-state index contributed by atoms with van der Waals surface area (Å²) in [5.41, 5.74) is 7.28. The molecule has 5 heteroatoms. The third kappa shape index (κ3) is 3.42. The van der Waals surface area contributed by atoms with Crippen molar-refractivity contribution in [3.63, 3.8) is 0 Å². The lowest BCUT2D eigenvalue weighted by Crippen LogP contribution is -2.75. The van der Waals surface area contributed by atoms with Gasteiger partial charge in [-0.05, 0) is 18.1 Å². The van der Waals surface area contributed by atoms with E-state index in [4.69, 9.17) is 15.2 Å². The number of rotatable bonds is 7. The molecular formula is C18H28N2O3. The fourth-order valence-electron chi connectivity index (χ4n) is 3.08. The summed E-state index contributed by atoms with van der Waals surface area (Å²) in [4.78, 5) is 12.5. The van der Waals surface area contributed by atoms with Gasteiger partial charge in [0.2, 0.25) is 5.91 Å². The van der Waals surface area contributed by atoms with Crippen molar-refractivity contribution in [3.8, 4) is 0 Å². The predicted octanol–water partition coefficient (Wildman–Crippen LogP) is 1.98. The molecule has 2 atom stereocenters. The number of carbonyl (C=O) groups excluding carboxylic acids is 1. The number of ether oxygens (including phenoxy) is 2. The number of carbonyl (C=O) groups is 1. The largest absolute Gasteiger partial charge is 0.380 e. The highest BCUT2D eigenvalue weighted by molar-refractivity contribution is 5.88. The molecule has 0 spiro atoms. The van der Waals surface area contributed by atoms with Crippen molar-refractivity contribution in [3.05, 3.63) is 35.4 Å². The molecule has 1 aromatic rings. The summed E-state index contributed by atoms with van der Waals surface area (Å²) >= 11 is 0. The third-order valence-corrected chi connectivity index (χ3v) is 5.02. The molecule has 1 aliphatic carbocycles. The normalized spacial score (nSPS) is 25.7. The van der Waals surface area contributed by atoms with E-state index in [0.29, 0.717) is 26.2 Å². The summed E-state index contributed by atoms with van der Waals surface area (Å²) < 4.78 is 10.8. The second kappa shape index (κ2) is 6.99. The van der Waals surface area contributed by atoms with Gasteiger partial charge in [0.1, 0.15) is 5.54 Å². The average Bonchev–Trinajstić information content (AvgIpc) is 2.53. The van der Waals surface area contributed by atoms with E-state index in [0.717, 1.165) is 11.1 Å². The van der Waals surface area contributed by atoms with Gasteiger partial charge in [-0.2, -0.15) is 0 Å². The molecule has 128 valence electrons. The Morgan fingerprint density at radius 1 is 1.30 bits per heavy atom. The lowest BCUT2D eigenvalue weighted by atomic mass is 9.54. The van der Waals surface area contributed by atoms with Gasteiger partial charge in [-0.25, -0.2) is 0 Å². The van der Waals surface area contributed by atoms with Crippen LogP contribution in [-0.2, 0) is 27.4 Å². The van der Waals surface area contributed by atoms with E-state index >= 15 is 0 Å². The molecule has 2 unspecified atom stereocenters. The molecule has 1 saturated carbocycles. The van der Waals surface area contributed by atoms with Gasteiger partial charge in [-0.15, -0.1) is 0 Å². The number of nitrogens with two attached hydrogens (primary N) is 1. The minimum atomic E-state index is -0.872. The van der Waals surface area contributed by atoms with E-state index in [1.165, 1.54) is 0 Å². The van der Waals surface area contributed by atoms with E-state index in [2.05, 4.69) is 5.32 Å². The second-order valence-electron chi connectivity index (χ2n) is 6.77. The zero-order chi connectivity index (χ0) is 17.1. The molecule has 1 aliphatic rings. The Bertz CT molecular complexity index is 542. The van der Waals surface area contributed by atoms with E-state index < -0.39 is 5.54 Å². The van der Waals surface area contributed by atoms with Crippen LogP contribution in [0.4, 0.5) is 0 Å². The fourth-order valence-corrected chi connectivity index (χ4v) is 3.08. The SMILES string of the molecule is CCOC1CC(N)(C(=O)NCc2ccc(COC)cc2)C1(C)C. The van der Waals surface area contributed by atoms with Crippen molar-refractivity contribution < 1.29 is 14.3 Å². The molecular weight excluding hydrogens is 292 g/mol. The number of amides is 1. The summed E-state index contributed by atoms with van der Waals surface area (Å²) in [6, 6.07) is 7.99. The summed E-state index contributed by atoms with van der Waals surface area (Å²) in [7, 11) is 1.67. The number of hydrogen-bond acceptors (Lipinski definition) is 4. The van der Waals surface area contributed by atoms with Crippen LogP contribution in [0.2, 0.25) is 0 Å². The number of hydrogen-bond donors (Lipinski definition) is 2. The zero-order valence-electron chi connectivity index (χ0n) is 14.5. The molecule has 0 bridgehead atoms. The van der Waals surface area contributed by atoms with Gasteiger partial charge >= 0.3 is 0 Å². The maximum absolute atomic E-state index is 12.5. The van der Waals surface area contributed by atoms with E-state index in [9.17, 15) is 4.79 Å². The van der Waals surface area contributed by atoms with Gasteiger partial charge < -0.3 is 20.5 Å². The van der Waals surface area contributed by atoms with Crippen molar-refractivity contribution in [1.29, 1.82) is 0 Å². The first-order chi connectivity index (χ1) is 10.8. The molecule has 0 heterocycles. The molecule has 1 aromatic carbocycles. The van der Waals surface area contributed by atoms with Crippen LogP contribution in [0.3, 0.4) is 0 Å². The van der Waals surface area contributed by atoms with Crippen molar-refractivity contribution in [1.82, 2.24) is 5.32 Å². The maximum Gasteiger partial charge on any atom is 0.241 e. The van der Waals surface area contributed by atoms with Gasteiger partial charge in [0.25, 0.3) is 0 Å². The van der Waals surface area contributed by atoms with Crippen LogP contribution < -0.4 is 11.1 Å². The first-order valence-corrected chi connectivity index (χ1v) is 8.10. The quantitative estimate of drug-likeness (QED) is 0.806. The highest BCUT2D eigenvalue weighted by Crippen LogP contribution is 2.49. The Kier molecular flexibility index (Phi) is 5.45. The summed E-state index contributed by atoms with van der Waals surface area (Å²) in [5, 5.41) is 2.96. The molecule has 1 amide bonds. The summed E-state index contributed by atoms with van der Waals surface area (Å²) in [6.45, 7) is 7.65. The molecule has 3 N–H and O–H groups in total. The van der Waals surface area contributed by atoms with Gasteiger partial charge in [0.15, 0.2) is 0 Å². The van der Waals surface area contributed by atoms with E-state index in [1.54, 1.807) is 7.11 Å². The molecule has 0 aromatic heterocycles. The molecule has 23 heavy (non-hydrogen) atoms. The Morgan fingerprint density at radius 3 is 2.43 bits per heavy atom. The standard InChI is InChI=1S/C18H28N2O3/c1-5-23-15-10-18(19,17(15,2)3)16(21)20-11-13-6-8-14(9-7-13)12-22-4/h6-9,15H,5,10-12,19H2,1-4H3,(H,20,21). The lowest BCUT2D eigenvalue weighted by molar-refractivity contribution is -0.170. The highest BCUT2D eigenvalue weighted by Gasteiger charge is 2.62. The molecule has 0 radical (unpaired) electrons. The number of methoxy groups -OCH3 is 1. The van der Waals surface area contributed by atoms with E-state index in [-0.39, 0.29) is 17.4 Å². The monoisotopic (exact) mass is 320 g/mol. The molecule has 5 nitrogen and oxygen atoms in total. The minimum absolute atomic E-state index is 0.0385. The highest BCUT2D eigenvalue weighted by atomic mass is 16.5. The second-order valence-corrected chi connectivity index (χ2v) is 6.77. The topological polar surface area (TPSA) is 73.6 Å². The number of nitrogens with one attached hydrogen (secondary N) is 1. The van der Waals surface area contributed by atoms with Crippen molar-refractivity contribution in [2.45, 2.75) is 52.0 Å². The Labute approximate surface area is 138 Å². The minimum Gasteiger partial charge on any atom is -0.380 e. The van der Waals surface area contributed by atoms with Gasteiger partial charge in [-0.1, -0.05) is 38.1 Å². The van der Waals surface area contributed by atoms with Gasteiger partial charge in [0, 0.05) is 32.1 Å². The van der Waals surface area contributed by atoms with E-state index in [1.807, 2.05) is 45.0 Å². The Morgan fingerprint density at radius 2 is 1.91 bits per heavy atom. The van der Waals surface area contributed by atoms with Crippen LogP contribution in [0.25, 0.3) is 0 Å². The zero-order valence-corrected chi connectivity index (χ0v) is 14.5. The fraction of sp³-hybridized carbons (Fsp3) is 0.611. The van der Waals surface area contributed by atoms with Crippen LogP contribution in [-0.4, -0.2) is 31.3 Å². The number of benzene rings is 1. The van der Waals surface area contributed by atoms with Crippen LogP contribution in [0, 0.1) is 5.41 Å². The Hall–Kier alpha value is -1.43. The van der Waals surface area contributed by atoms with Crippen LogP contribution >= 0.6 is 0 Å². The summed E-state index contributed by atoms with van der Waals surface area (Å²) in [6.07, 6.45) is 0.600. The van der Waals surface area contributed by atoms with Crippen LogP contribution in [0.15, 0.2) is 24.3 Å². The first-order valence-electron chi connectivity index (χ1n) is 8.10. The predicted molar refractivity (Wildman–Crippen MR) is 89.7 cm³/mol. The van der Waals surface area contributed by atoms with Crippen molar-refractivity contribution in [2.24, 2.45) is 11.1 Å². The van der Waals surface area contributed by atoms with Crippen molar-refractivity contribution in [2.75, 3.05) is 13.7 Å². The summed E-state index contributed by atoms with van der Waals surface area (Å²) in [5.74, 6) is -0.112. The maximum atomic E-state index is 12.5. The smallest absolute Gasteiger partial charge is 0.241 e. The van der Waals surface area contributed by atoms with Crippen LogP contribution in [0.1, 0.15) is 38.3 Å². The molecule has 0 aliphatic heterocycles. The van der Waals surface area contributed by atoms with Crippen molar-refractivity contribution >= 4 is 5.91 Å². The molecule has 1 fully saturated rings. The first kappa shape index (κ1) is 17.9. The lowest BCUT2D eigenvalue weighted by Gasteiger charge is -2.57. The van der Waals surface area contributed by atoms with Gasteiger partial charge in [0.05, 0.1) is 12.7 Å².